The fourth-order valence-electron chi connectivity index (χ4n) is 5.88. The number of anilines is 1. The number of rotatable bonds is 7. The van der Waals surface area contributed by atoms with Crippen LogP contribution in [0.2, 0.25) is 0 Å². The van der Waals surface area contributed by atoms with Crippen molar-refractivity contribution in [2.75, 3.05) is 51.2 Å². The summed E-state index contributed by atoms with van der Waals surface area (Å²) in [6.07, 6.45) is 5.94. The van der Waals surface area contributed by atoms with Gasteiger partial charge >= 0.3 is 0 Å². The van der Waals surface area contributed by atoms with E-state index in [9.17, 15) is 19.2 Å². The van der Waals surface area contributed by atoms with Crippen LogP contribution in [-0.4, -0.2) is 86.2 Å². The minimum Gasteiger partial charge on any atom is -0.371 e. The minimum absolute atomic E-state index is 0.191. The first-order valence-electron chi connectivity index (χ1n) is 12.8. The molecule has 4 rings (SSSR count). The standard InChI is InChI=1S/C26H37N5O4/c1-29(23-4-5-24(33)28-25(23)34)26(35)22-3-2-21(16-20(22)17-32)31-13-8-19(9-14-31)18-6-11-30(12-7-18)15-10-27/h2-3,16-19,23H,4-15,27H2,1H3,(H,28,33,34). The van der Waals surface area contributed by atoms with Crippen LogP contribution in [0.4, 0.5) is 5.69 Å². The van der Waals surface area contributed by atoms with Crippen molar-refractivity contribution in [1.29, 1.82) is 0 Å². The van der Waals surface area contributed by atoms with Crippen LogP contribution in [0.5, 0.6) is 0 Å². The normalized spacial score (nSPS) is 22.7. The molecule has 3 heterocycles. The number of piperidine rings is 3. The highest BCUT2D eigenvalue weighted by Gasteiger charge is 2.34. The lowest BCUT2D eigenvalue weighted by molar-refractivity contribution is -0.136. The van der Waals surface area contributed by atoms with Crippen LogP contribution < -0.4 is 16.0 Å². The number of imide groups is 1. The average molecular weight is 484 g/mol. The Morgan fingerprint density at radius 2 is 1.74 bits per heavy atom. The molecule has 1 atom stereocenters. The first-order chi connectivity index (χ1) is 16.9. The Labute approximate surface area is 207 Å². The molecule has 1 aromatic carbocycles. The Kier molecular flexibility index (Phi) is 8.18. The molecule has 0 saturated carbocycles. The minimum atomic E-state index is -0.722. The van der Waals surface area contributed by atoms with Crippen molar-refractivity contribution in [2.45, 2.75) is 44.6 Å². The van der Waals surface area contributed by atoms with E-state index in [1.165, 1.54) is 24.8 Å². The van der Waals surface area contributed by atoms with Crippen LogP contribution in [0.25, 0.3) is 0 Å². The molecule has 190 valence electrons. The molecule has 35 heavy (non-hydrogen) atoms. The molecule has 0 radical (unpaired) electrons. The van der Waals surface area contributed by atoms with Gasteiger partial charge in [-0.2, -0.15) is 0 Å². The summed E-state index contributed by atoms with van der Waals surface area (Å²) >= 11 is 0. The number of nitrogens with two attached hydrogens (primary N) is 1. The maximum Gasteiger partial charge on any atom is 0.255 e. The number of hydrogen-bond donors (Lipinski definition) is 2. The van der Waals surface area contributed by atoms with Gasteiger partial charge in [-0.05, 0) is 75.2 Å². The number of carbonyl (C=O) groups is 4. The second-order valence-electron chi connectivity index (χ2n) is 10.1. The molecule has 0 spiro atoms. The van der Waals surface area contributed by atoms with Gasteiger partial charge in [0.15, 0.2) is 6.29 Å². The predicted molar refractivity (Wildman–Crippen MR) is 133 cm³/mol. The topological polar surface area (TPSA) is 116 Å². The number of nitrogens with one attached hydrogen (secondary N) is 1. The summed E-state index contributed by atoms with van der Waals surface area (Å²) in [5.41, 5.74) is 7.24. The molecular formula is C26H37N5O4. The van der Waals surface area contributed by atoms with Crippen LogP contribution in [0.15, 0.2) is 18.2 Å². The zero-order valence-electron chi connectivity index (χ0n) is 20.6. The molecular weight excluding hydrogens is 446 g/mol. The van der Waals surface area contributed by atoms with Crippen LogP contribution in [0, 0.1) is 11.8 Å². The summed E-state index contributed by atoms with van der Waals surface area (Å²) < 4.78 is 0. The third-order valence-corrected chi connectivity index (χ3v) is 8.04. The first kappa shape index (κ1) is 25.3. The predicted octanol–water partition coefficient (Wildman–Crippen LogP) is 1.26. The number of likely N-dealkylation sites (tertiary alicyclic amines) is 1. The second-order valence-corrected chi connectivity index (χ2v) is 10.1. The Morgan fingerprint density at radius 3 is 2.34 bits per heavy atom. The van der Waals surface area contributed by atoms with Gasteiger partial charge in [0, 0.05) is 50.9 Å². The fourth-order valence-corrected chi connectivity index (χ4v) is 5.88. The zero-order chi connectivity index (χ0) is 24.9. The van der Waals surface area contributed by atoms with E-state index >= 15 is 0 Å². The third kappa shape index (κ3) is 5.73. The SMILES string of the molecule is CN(C(=O)c1ccc(N2CCC(C3CCN(CCN)CC3)CC2)cc1C=O)C1CCC(=O)NC1=O. The molecule has 3 fully saturated rings. The van der Waals surface area contributed by atoms with Crippen molar-refractivity contribution in [3.05, 3.63) is 29.3 Å². The lowest BCUT2D eigenvalue weighted by Gasteiger charge is -2.41. The van der Waals surface area contributed by atoms with E-state index in [0.717, 1.165) is 69.6 Å². The number of likely N-dealkylation sites (N-methyl/N-ethyl adjacent to an activating group) is 1. The van der Waals surface area contributed by atoms with Crippen molar-refractivity contribution in [1.82, 2.24) is 15.1 Å². The van der Waals surface area contributed by atoms with E-state index in [1.54, 1.807) is 12.1 Å². The highest BCUT2D eigenvalue weighted by atomic mass is 16.2. The molecule has 3 N–H and O–H groups in total. The molecule has 3 amide bonds. The summed E-state index contributed by atoms with van der Waals surface area (Å²) in [7, 11) is 1.54. The summed E-state index contributed by atoms with van der Waals surface area (Å²) in [6, 6.07) is 4.64. The van der Waals surface area contributed by atoms with Gasteiger partial charge in [0.1, 0.15) is 6.04 Å². The monoisotopic (exact) mass is 483 g/mol. The number of carbonyl (C=O) groups excluding carboxylic acids is 4. The Balaban J connectivity index is 1.36. The van der Waals surface area contributed by atoms with Gasteiger partial charge in [-0.15, -0.1) is 0 Å². The fraction of sp³-hybridized carbons (Fsp3) is 0.615. The summed E-state index contributed by atoms with van der Waals surface area (Å²) in [5.74, 6) is 0.312. The molecule has 9 nitrogen and oxygen atoms in total. The molecule has 0 bridgehead atoms. The Bertz CT molecular complexity index is 951. The van der Waals surface area contributed by atoms with Crippen molar-refractivity contribution in [3.63, 3.8) is 0 Å². The molecule has 0 aliphatic carbocycles. The third-order valence-electron chi connectivity index (χ3n) is 8.04. The maximum absolute atomic E-state index is 13.1. The first-order valence-corrected chi connectivity index (χ1v) is 12.8. The van der Waals surface area contributed by atoms with Crippen molar-refractivity contribution in [2.24, 2.45) is 17.6 Å². The Hall–Kier alpha value is -2.78. The number of nitrogens with zero attached hydrogens (tertiary/aromatic N) is 3. The van der Waals surface area contributed by atoms with Crippen molar-refractivity contribution < 1.29 is 19.2 Å². The highest BCUT2D eigenvalue weighted by Crippen LogP contribution is 2.34. The molecule has 0 aromatic heterocycles. The van der Waals surface area contributed by atoms with Gasteiger partial charge in [0.25, 0.3) is 5.91 Å². The largest absolute Gasteiger partial charge is 0.371 e. The lowest BCUT2D eigenvalue weighted by atomic mass is 9.78. The number of amides is 3. The van der Waals surface area contributed by atoms with E-state index in [1.807, 2.05) is 6.07 Å². The van der Waals surface area contributed by atoms with Crippen LogP contribution in [0.3, 0.4) is 0 Å². The number of hydrogen-bond acceptors (Lipinski definition) is 7. The average Bonchev–Trinajstić information content (AvgIpc) is 2.88. The molecule has 9 heteroatoms. The molecule has 3 aliphatic heterocycles. The van der Waals surface area contributed by atoms with Crippen molar-refractivity contribution >= 4 is 29.7 Å². The molecule has 1 unspecified atom stereocenters. The van der Waals surface area contributed by atoms with E-state index < -0.39 is 17.9 Å². The summed E-state index contributed by atoms with van der Waals surface area (Å²) in [4.78, 5) is 54.7. The van der Waals surface area contributed by atoms with Crippen LogP contribution in [-0.2, 0) is 9.59 Å². The summed E-state index contributed by atoms with van der Waals surface area (Å²) in [6.45, 7) is 5.89. The molecule has 1 aromatic rings. The Morgan fingerprint density at radius 1 is 1.09 bits per heavy atom. The van der Waals surface area contributed by atoms with Gasteiger partial charge < -0.3 is 20.4 Å². The van der Waals surface area contributed by atoms with Gasteiger partial charge in [0.05, 0.1) is 5.56 Å². The van der Waals surface area contributed by atoms with Crippen LogP contribution in [0.1, 0.15) is 59.2 Å². The van der Waals surface area contributed by atoms with Gasteiger partial charge in [-0.25, -0.2) is 0 Å². The lowest BCUT2D eigenvalue weighted by Crippen LogP contribution is -2.53. The zero-order valence-corrected chi connectivity index (χ0v) is 20.6. The van der Waals surface area contributed by atoms with Crippen LogP contribution >= 0.6 is 0 Å². The van der Waals surface area contributed by atoms with E-state index in [0.29, 0.717) is 11.8 Å². The quantitative estimate of drug-likeness (QED) is 0.443. The van der Waals surface area contributed by atoms with Gasteiger partial charge in [-0.1, -0.05) is 0 Å². The maximum atomic E-state index is 13.1. The van der Waals surface area contributed by atoms with E-state index in [4.69, 9.17) is 5.73 Å². The van der Waals surface area contributed by atoms with E-state index in [2.05, 4.69) is 15.1 Å². The smallest absolute Gasteiger partial charge is 0.255 e. The molecule has 3 aliphatic rings. The molecule has 3 saturated heterocycles. The van der Waals surface area contributed by atoms with Crippen molar-refractivity contribution in [3.8, 4) is 0 Å². The summed E-state index contributed by atoms with van der Waals surface area (Å²) in [5, 5.41) is 2.28. The highest BCUT2D eigenvalue weighted by molar-refractivity contribution is 6.06. The number of benzene rings is 1. The number of aldehydes is 1. The van der Waals surface area contributed by atoms with E-state index in [-0.39, 0.29) is 24.3 Å². The van der Waals surface area contributed by atoms with Gasteiger partial charge in [0.2, 0.25) is 11.8 Å². The van der Waals surface area contributed by atoms with Gasteiger partial charge in [-0.3, -0.25) is 24.5 Å². The second kappa shape index (κ2) is 11.3.